The number of furan rings is 1. The van der Waals surface area contributed by atoms with Crippen molar-refractivity contribution in [2.75, 3.05) is 0 Å². The zero-order valence-electron chi connectivity index (χ0n) is 18.2. The maximum absolute atomic E-state index is 6.40. The van der Waals surface area contributed by atoms with Crippen LogP contribution < -0.4 is 4.57 Å². The smallest absolute Gasteiger partial charge is 0.227 e. The summed E-state index contributed by atoms with van der Waals surface area (Å²) in [5.74, 6) is 0.696. The van der Waals surface area contributed by atoms with E-state index in [1.807, 2.05) is 6.07 Å². The molecule has 154 valence electrons. The second-order valence-electron chi connectivity index (χ2n) is 9.00. The monoisotopic (exact) mass is 407 g/mol. The summed E-state index contributed by atoms with van der Waals surface area (Å²) in [6.45, 7) is 2.22. The highest BCUT2D eigenvalue weighted by molar-refractivity contribution is 6.22. The van der Waals surface area contributed by atoms with Crippen molar-refractivity contribution in [3.8, 4) is 11.3 Å². The predicted molar refractivity (Wildman–Crippen MR) is 126 cm³/mol. The highest BCUT2D eigenvalue weighted by Gasteiger charge is 2.25. The molecule has 0 unspecified atom stereocenters. The number of aromatic nitrogens is 2. The number of nitrogens with zero attached hydrogens (tertiary/aromatic N) is 2. The Kier molecular flexibility index (Phi) is 4.31. The summed E-state index contributed by atoms with van der Waals surface area (Å²) in [6, 6.07) is 17.4. The van der Waals surface area contributed by atoms with Crippen LogP contribution >= 0.6 is 0 Å². The molecule has 0 aliphatic heterocycles. The fourth-order valence-corrected chi connectivity index (χ4v) is 5.58. The summed E-state index contributed by atoms with van der Waals surface area (Å²) in [4.78, 5) is 4.51. The van der Waals surface area contributed by atoms with Crippen LogP contribution in [0.2, 0.25) is 0 Å². The number of rotatable bonds is 2. The maximum atomic E-state index is 6.40. The van der Waals surface area contributed by atoms with Crippen LogP contribution in [0.15, 0.2) is 65.3 Å². The lowest BCUT2D eigenvalue weighted by Crippen LogP contribution is -2.32. The van der Waals surface area contributed by atoms with Crippen molar-refractivity contribution in [1.82, 2.24) is 4.98 Å². The predicted octanol–water partition coefficient (Wildman–Crippen LogP) is 6.98. The van der Waals surface area contributed by atoms with Gasteiger partial charge in [0.2, 0.25) is 11.4 Å². The Balaban J connectivity index is 1.64. The van der Waals surface area contributed by atoms with Crippen molar-refractivity contribution < 1.29 is 8.98 Å². The second-order valence-corrected chi connectivity index (χ2v) is 9.00. The fraction of sp³-hybridized carbons (Fsp3) is 0.286. The van der Waals surface area contributed by atoms with Crippen LogP contribution in [0.1, 0.15) is 49.1 Å². The minimum absolute atomic E-state index is 0.696. The molecule has 3 heterocycles. The number of hydrogen-bond acceptors (Lipinski definition) is 2. The number of hydrogen-bond donors (Lipinski definition) is 0. The molecule has 1 aliphatic rings. The van der Waals surface area contributed by atoms with Crippen molar-refractivity contribution in [3.05, 3.63) is 72.1 Å². The SMILES string of the molecule is Cc1c(-c2ccc(C3CCCCC3)c[n+]2C)c2oc3ncccc3c2c2ccccc12. The van der Waals surface area contributed by atoms with Gasteiger partial charge in [0.05, 0.1) is 5.56 Å². The van der Waals surface area contributed by atoms with Crippen LogP contribution in [0.3, 0.4) is 0 Å². The van der Waals surface area contributed by atoms with E-state index in [-0.39, 0.29) is 0 Å². The minimum Gasteiger partial charge on any atom is -0.437 e. The molecular formula is C28H27N2O+. The number of benzene rings is 2. The molecule has 5 aromatic rings. The molecule has 0 amide bonds. The van der Waals surface area contributed by atoms with Gasteiger partial charge in [-0.25, -0.2) is 9.55 Å². The first kappa shape index (κ1) is 18.6. The summed E-state index contributed by atoms with van der Waals surface area (Å²) in [5, 5.41) is 4.74. The largest absolute Gasteiger partial charge is 0.437 e. The lowest BCUT2D eigenvalue weighted by molar-refractivity contribution is -0.660. The first-order valence-electron chi connectivity index (χ1n) is 11.4. The molecule has 6 rings (SSSR count). The van der Waals surface area contributed by atoms with E-state index < -0.39 is 0 Å². The molecule has 1 aliphatic carbocycles. The molecule has 3 aromatic heterocycles. The lowest BCUT2D eigenvalue weighted by Gasteiger charge is -2.21. The van der Waals surface area contributed by atoms with Gasteiger partial charge in [0.15, 0.2) is 11.8 Å². The number of pyridine rings is 2. The number of fused-ring (bicyclic) bond motifs is 5. The zero-order chi connectivity index (χ0) is 20.9. The summed E-state index contributed by atoms with van der Waals surface area (Å²) in [7, 11) is 2.17. The third-order valence-electron chi connectivity index (χ3n) is 7.16. The highest BCUT2D eigenvalue weighted by atomic mass is 16.3. The first-order valence-corrected chi connectivity index (χ1v) is 11.4. The summed E-state index contributed by atoms with van der Waals surface area (Å²) in [5.41, 5.74) is 6.72. The molecule has 3 heteroatoms. The zero-order valence-corrected chi connectivity index (χ0v) is 18.2. The first-order chi connectivity index (χ1) is 15.2. The van der Waals surface area contributed by atoms with Gasteiger partial charge < -0.3 is 4.42 Å². The Bertz CT molecular complexity index is 1440. The van der Waals surface area contributed by atoms with Crippen molar-refractivity contribution >= 4 is 32.8 Å². The van der Waals surface area contributed by atoms with Crippen LogP contribution in [0, 0.1) is 6.92 Å². The molecule has 0 bridgehead atoms. The Morgan fingerprint density at radius 2 is 1.68 bits per heavy atom. The van der Waals surface area contributed by atoms with Crippen LogP contribution in [0.5, 0.6) is 0 Å². The molecular weight excluding hydrogens is 380 g/mol. The van der Waals surface area contributed by atoms with Crippen LogP contribution in [0.4, 0.5) is 0 Å². The fourth-order valence-electron chi connectivity index (χ4n) is 5.58. The van der Waals surface area contributed by atoms with E-state index in [2.05, 4.69) is 72.2 Å². The van der Waals surface area contributed by atoms with Crippen LogP contribution in [-0.2, 0) is 7.05 Å². The van der Waals surface area contributed by atoms with Gasteiger partial charge in [0, 0.05) is 28.6 Å². The minimum atomic E-state index is 0.696. The standard InChI is InChI=1S/C28H27N2O/c1-18-21-11-6-7-12-22(21)26-23-13-8-16-29-28(23)31-27(26)25(18)24-15-14-20(17-30(24)2)19-9-4-3-5-10-19/h6-8,11-17,19H,3-5,9-10H2,1-2H3/q+1. The van der Waals surface area contributed by atoms with E-state index in [0.717, 1.165) is 16.4 Å². The van der Waals surface area contributed by atoms with Gasteiger partial charge in [-0.15, -0.1) is 0 Å². The molecule has 31 heavy (non-hydrogen) atoms. The summed E-state index contributed by atoms with van der Waals surface area (Å²) in [6.07, 6.45) is 10.9. The average molecular weight is 408 g/mol. The van der Waals surface area contributed by atoms with Gasteiger partial charge >= 0.3 is 0 Å². The molecule has 0 atom stereocenters. The molecule has 1 saturated carbocycles. The van der Waals surface area contributed by atoms with Crippen molar-refractivity contribution in [3.63, 3.8) is 0 Å². The van der Waals surface area contributed by atoms with Gasteiger partial charge in [-0.1, -0.05) is 43.5 Å². The molecule has 0 radical (unpaired) electrons. The van der Waals surface area contributed by atoms with E-state index in [4.69, 9.17) is 4.42 Å². The normalized spacial score (nSPS) is 15.3. The molecule has 0 saturated heterocycles. The average Bonchev–Trinajstić information content (AvgIpc) is 3.20. The van der Waals surface area contributed by atoms with Crippen molar-refractivity contribution in [2.45, 2.75) is 44.9 Å². The Labute approximate surface area is 182 Å². The maximum Gasteiger partial charge on any atom is 0.227 e. The van der Waals surface area contributed by atoms with Crippen molar-refractivity contribution in [1.29, 1.82) is 0 Å². The van der Waals surface area contributed by atoms with E-state index >= 15 is 0 Å². The summed E-state index contributed by atoms with van der Waals surface area (Å²) < 4.78 is 8.70. The molecule has 1 fully saturated rings. The molecule has 2 aromatic carbocycles. The third-order valence-corrected chi connectivity index (χ3v) is 7.16. The number of aryl methyl sites for hydroxylation is 2. The Morgan fingerprint density at radius 3 is 2.48 bits per heavy atom. The van der Waals surface area contributed by atoms with Crippen LogP contribution in [-0.4, -0.2) is 4.98 Å². The van der Waals surface area contributed by atoms with E-state index in [1.165, 1.54) is 65.3 Å². The topological polar surface area (TPSA) is 29.9 Å². The second kappa shape index (κ2) is 7.19. The Hall–Kier alpha value is -3.20. The summed E-state index contributed by atoms with van der Waals surface area (Å²) >= 11 is 0. The quantitative estimate of drug-likeness (QED) is 0.295. The van der Waals surface area contributed by atoms with Gasteiger partial charge in [0.25, 0.3) is 0 Å². The lowest BCUT2D eigenvalue weighted by atomic mass is 9.84. The van der Waals surface area contributed by atoms with Crippen molar-refractivity contribution in [2.24, 2.45) is 7.05 Å². The van der Waals surface area contributed by atoms with E-state index in [9.17, 15) is 0 Å². The molecule has 0 spiro atoms. The molecule has 3 nitrogen and oxygen atoms in total. The van der Waals surface area contributed by atoms with Crippen LogP contribution in [0.25, 0.3) is 44.1 Å². The third kappa shape index (κ3) is 2.87. The Morgan fingerprint density at radius 1 is 0.903 bits per heavy atom. The van der Waals surface area contributed by atoms with Gasteiger partial charge in [0.1, 0.15) is 7.05 Å². The van der Waals surface area contributed by atoms with E-state index in [0.29, 0.717) is 11.6 Å². The van der Waals surface area contributed by atoms with Gasteiger partial charge in [-0.05, 0) is 60.2 Å². The van der Waals surface area contributed by atoms with Gasteiger partial charge in [-0.3, -0.25) is 0 Å². The van der Waals surface area contributed by atoms with Gasteiger partial charge in [-0.2, -0.15) is 0 Å². The van der Waals surface area contributed by atoms with E-state index in [1.54, 1.807) is 6.20 Å². The molecule has 0 N–H and O–H groups in total. The highest BCUT2D eigenvalue weighted by Crippen LogP contribution is 2.42.